The minimum atomic E-state index is -0.713. The normalized spacial score (nSPS) is 50.1. The van der Waals surface area contributed by atoms with Crippen molar-refractivity contribution >= 4 is 17.5 Å². The fourth-order valence-corrected chi connectivity index (χ4v) is 9.55. The van der Waals surface area contributed by atoms with Gasteiger partial charge in [-0.3, -0.25) is 14.4 Å². The second kappa shape index (κ2) is 6.31. The molecule has 0 aromatic carbocycles. The molecular formula is C28H34O6. The van der Waals surface area contributed by atoms with E-state index in [1.54, 1.807) is 18.6 Å². The lowest BCUT2D eigenvalue weighted by molar-refractivity contribution is -0.232. The van der Waals surface area contributed by atoms with E-state index in [1.165, 1.54) is 6.92 Å². The summed E-state index contributed by atoms with van der Waals surface area (Å²) in [6.45, 7) is 12.1. The van der Waals surface area contributed by atoms with Gasteiger partial charge in [0, 0.05) is 28.7 Å². The van der Waals surface area contributed by atoms with Gasteiger partial charge in [-0.15, -0.1) is 0 Å². The predicted molar refractivity (Wildman–Crippen MR) is 123 cm³/mol. The van der Waals surface area contributed by atoms with Crippen molar-refractivity contribution in [2.45, 2.75) is 84.5 Å². The Labute approximate surface area is 200 Å². The molecule has 0 amide bonds. The first-order chi connectivity index (χ1) is 15.9. The van der Waals surface area contributed by atoms with E-state index in [0.29, 0.717) is 6.42 Å². The molecule has 4 aliphatic carbocycles. The summed E-state index contributed by atoms with van der Waals surface area (Å²) in [6, 6.07) is 1.89. The first-order valence-electron chi connectivity index (χ1n) is 12.5. The molecule has 0 radical (unpaired) electrons. The van der Waals surface area contributed by atoms with Crippen LogP contribution >= 0.6 is 0 Å². The summed E-state index contributed by atoms with van der Waals surface area (Å²) in [7, 11) is 0. The molecule has 1 aliphatic heterocycles. The zero-order chi connectivity index (χ0) is 24.5. The second-order valence-electron chi connectivity index (χ2n) is 12.6. The van der Waals surface area contributed by atoms with Crippen LogP contribution in [-0.4, -0.2) is 35.3 Å². The topological polar surface area (TPSA) is 86.1 Å². The van der Waals surface area contributed by atoms with Gasteiger partial charge in [-0.05, 0) is 48.7 Å². The predicted octanol–water partition coefficient (Wildman–Crippen LogP) is 4.63. The number of ether oxygens (including phenoxy) is 2. The highest BCUT2D eigenvalue weighted by Gasteiger charge is 2.89. The van der Waals surface area contributed by atoms with E-state index in [4.69, 9.17) is 13.9 Å². The number of fused-ring (bicyclic) bond motifs is 3. The molecule has 9 atom stereocenters. The Balaban J connectivity index is 1.54. The van der Waals surface area contributed by atoms with Crippen LogP contribution in [0.25, 0.3) is 0 Å². The maximum Gasteiger partial charge on any atom is 0.302 e. The lowest BCUT2D eigenvalue weighted by Gasteiger charge is -2.67. The molecule has 1 saturated heterocycles. The van der Waals surface area contributed by atoms with Crippen LogP contribution in [0.15, 0.2) is 35.2 Å². The summed E-state index contributed by atoms with van der Waals surface area (Å²) in [5.74, 6) is -0.280. The largest absolute Gasteiger partial charge is 0.472 e. The van der Waals surface area contributed by atoms with Crippen molar-refractivity contribution in [3.05, 3.63) is 36.3 Å². The summed E-state index contributed by atoms with van der Waals surface area (Å²) in [5, 5.41) is 0. The summed E-state index contributed by atoms with van der Waals surface area (Å²) in [5.41, 5.74) is -1.65. The Morgan fingerprint density at radius 3 is 2.50 bits per heavy atom. The number of esters is 1. The SMILES string of the molecule is CC(=O)OC1CC2C(C)(C)C(=O)C=C[C@]2(C)C2CCC3(C)C(c4ccoc4)C(=O)C4OC43[C@]12C. The molecule has 1 aromatic rings. The van der Waals surface area contributed by atoms with E-state index in [2.05, 4.69) is 26.8 Å². The highest BCUT2D eigenvalue weighted by atomic mass is 16.6. The van der Waals surface area contributed by atoms with Gasteiger partial charge in [0.15, 0.2) is 11.6 Å². The van der Waals surface area contributed by atoms with Gasteiger partial charge in [0.2, 0.25) is 0 Å². The van der Waals surface area contributed by atoms with E-state index in [9.17, 15) is 14.4 Å². The van der Waals surface area contributed by atoms with E-state index in [0.717, 1.165) is 18.4 Å². The molecule has 2 heterocycles. The molecule has 1 spiro atoms. The standard InChI is InChI=1S/C28H34O6/c1-15(29)33-20-13-18-24(2,3)19(30)8-10-25(18,4)17-7-11-26(5)21(16-9-12-32-14-16)22(31)23-28(26,34-23)27(17,20)6/h8-10,12,14,17-18,20-21,23H,7,11,13H2,1-6H3/t17?,18?,20?,21?,23?,25-,26?,27+,28?/m1/s1. The van der Waals surface area contributed by atoms with Gasteiger partial charge in [-0.25, -0.2) is 0 Å². The second-order valence-corrected chi connectivity index (χ2v) is 12.6. The minimum Gasteiger partial charge on any atom is -0.472 e. The summed E-state index contributed by atoms with van der Waals surface area (Å²) < 4.78 is 18.0. The maximum atomic E-state index is 13.7. The van der Waals surface area contributed by atoms with Crippen LogP contribution in [0.5, 0.6) is 0 Å². The van der Waals surface area contributed by atoms with Crippen molar-refractivity contribution in [1.82, 2.24) is 0 Å². The lowest BCUT2D eigenvalue weighted by Crippen LogP contribution is -2.70. The molecule has 5 aliphatic rings. The van der Waals surface area contributed by atoms with Crippen molar-refractivity contribution < 1.29 is 28.3 Å². The Morgan fingerprint density at radius 1 is 1.12 bits per heavy atom. The van der Waals surface area contributed by atoms with Crippen LogP contribution in [0, 0.1) is 33.5 Å². The third kappa shape index (κ3) is 2.21. The van der Waals surface area contributed by atoms with Gasteiger partial charge in [-0.1, -0.05) is 40.7 Å². The molecule has 34 heavy (non-hydrogen) atoms. The average molecular weight is 467 g/mol. The van der Waals surface area contributed by atoms with Gasteiger partial charge in [-0.2, -0.15) is 0 Å². The molecular weight excluding hydrogens is 432 g/mol. The molecule has 6 nitrogen and oxygen atoms in total. The molecule has 182 valence electrons. The summed E-state index contributed by atoms with van der Waals surface area (Å²) >= 11 is 0. The van der Waals surface area contributed by atoms with Crippen LogP contribution in [0.3, 0.4) is 0 Å². The number of ketones is 2. The number of Topliss-reactive ketones (excluding diaryl/α,β-unsaturated/α-hetero) is 1. The molecule has 6 heteroatoms. The number of rotatable bonds is 2. The maximum absolute atomic E-state index is 13.7. The highest BCUT2D eigenvalue weighted by molar-refractivity contribution is 5.99. The van der Waals surface area contributed by atoms with Gasteiger partial charge >= 0.3 is 5.97 Å². The zero-order valence-corrected chi connectivity index (χ0v) is 20.8. The quantitative estimate of drug-likeness (QED) is 0.467. The molecule has 4 fully saturated rings. The van der Waals surface area contributed by atoms with E-state index < -0.39 is 34.1 Å². The molecule has 7 unspecified atom stereocenters. The summed E-state index contributed by atoms with van der Waals surface area (Å²) in [6.07, 6.45) is 8.49. The monoisotopic (exact) mass is 466 g/mol. The van der Waals surface area contributed by atoms with E-state index >= 15 is 0 Å². The number of epoxide rings is 1. The van der Waals surface area contributed by atoms with Crippen LogP contribution in [-0.2, 0) is 23.9 Å². The third-order valence-electron chi connectivity index (χ3n) is 11.0. The van der Waals surface area contributed by atoms with Crippen molar-refractivity contribution in [2.24, 2.45) is 33.5 Å². The highest BCUT2D eigenvalue weighted by Crippen LogP contribution is 2.81. The first-order valence-corrected chi connectivity index (χ1v) is 12.5. The molecule has 1 aromatic heterocycles. The van der Waals surface area contributed by atoms with Crippen molar-refractivity contribution in [3.8, 4) is 0 Å². The smallest absolute Gasteiger partial charge is 0.302 e. The number of hydrogen-bond donors (Lipinski definition) is 0. The average Bonchev–Trinajstić information content (AvgIpc) is 3.24. The Kier molecular flexibility index (Phi) is 4.13. The van der Waals surface area contributed by atoms with Crippen LogP contribution in [0.2, 0.25) is 0 Å². The van der Waals surface area contributed by atoms with Gasteiger partial charge in [0.1, 0.15) is 17.8 Å². The Morgan fingerprint density at radius 2 is 1.85 bits per heavy atom. The van der Waals surface area contributed by atoms with Crippen molar-refractivity contribution in [2.75, 3.05) is 0 Å². The molecule has 3 saturated carbocycles. The number of carbonyl (C=O) groups excluding carboxylic acids is 3. The Bertz CT molecular complexity index is 1130. The van der Waals surface area contributed by atoms with Crippen LogP contribution in [0.4, 0.5) is 0 Å². The van der Waals surface area contributed by atoms with Gasteiger partial charge in [0.05, 0.1) is 18.4 Å². The summed E-state index contributed by atoms with van der Waals surface area (Å²) in [4.78, 5) is 39.0. The third-order valence-corrected chi connectivity index (χ3v) is 11.0. The molecule has 6 rings (SSSR count). The van der Waals surface area contributed by atoms with Gasteiger partial charge < -0.3 is 13.9 Å². The number of hydrogen-bond acceptors (Lipinski definition) is 6. The fourth-order valence-electron chi connectivity index (χ4n) is 9.55. The van der Waals surface area contributed by atoms with Crippen molar-refractivity contribution in [3.63, 3.8) is 0 Å². The Hall–Kier alpha value is -2.21. The lowest BCUT2D eigenvalue weighted by atomic mass is 9.36. The minimum absolute atomic E-state index is 0.0275. The molecule has 0 N–H and O–H groups in total. The van der Waals surface area contributed by atoms with E-state index in [1.807, 2.05) is 19.9 Å². The fraction of sp³-hybridized carbons (Fsp3) is 0.679. The van der Waals surface area contributed by atoms with Crippen molar-refractivity contribution in [1.29, 1.82) is 0 Å². The molecule has 0 bridgehead atoms. The number of furan rings is 1. The zero-order valence-electron chi connectivity index (χ0n) is 20.8. The number of carbonyl (C=O) groups is 3. The van der Waals surface area contributed by atoms with Crippen LogP contribution in [0.1, 0.15) is 72.3 Å². The van der Waals surface area contributed by atoms with E-state index in [-0.39, 0.29) is 40.7 Å². The first kappa shape index (κ1) is 22.3. The number of allylic oxidation sites excluding steroid dienone is 2. The van der Waals surface area contributed by atoms with Crippen LogP contribution < -0.4 is 0 Å². The van der Waals surface area contributed by atoms with Gasteiger partial charge in [0.25, 0.3) is 0 Å².